The summed E-state index contributed by atoms with van der Waals surface area (Å²) in [6.07, 6.45) is 1.67. The van der Waals surface area contributed by atoms with E-state index < -0.39 is 17.2 Å². The molecule has 0 aliphatic carbocycles. The number of carbonyl (C=O) groups is 1. The number of aliphatic imine (C=N–C) groups is 1. The lowest BCUT2D eigenvalue weighted by Crippen LogP contribution is -2.52. The molecule has 160 valence electrons. The molecule has 0 atom stereocenters. The lowest BCUT2D eigenvalue weighted by Gasteiger charge is -2.32. The van der Waals surface area contributed by atoms with Crippen molar-refractivity contribution in [1.29, 1.82) is 0 Å². The molecular weight excluding hydrogens is 360 g/mol. The van der Waals surface area contributed by atoms with E-state index in [1.165, 1.54) is 0 Å². The Kier molecular flexibility index (Phi) is 9.21. The van der Waals surface area contributed by atoms with Crippen molar-refractivity contribution in [2.75, 3.05) is 19.6 Å². The van der Waals surface area contributed by atoms with Gasteiger partial charge in [-0.3, -0.25) is 4.99 Å². The molecule has 1 rings (SSSR count). The van der Waals surface area contributed by atoms with Crippen LogP contribution in [0.5, 0.6) is 0 Å². The number of carbonyl (C=O) groups excluding carboxylic acids is 1. The Hall–Kier alpha value is -2.32. The summed E-state index contributed by atoms with van der Waals surface area (Å²) in [5, 5.41) is 13.3. The predicted molar refractivity (Wildman–Crippen MR) is 109 cm³/mol. The van der Waals surface area contributed by atoms with E-state index in [9.17, 15) is 4.79 Å². The molecule has 0 aliphatic heterocycles. The minimum absolute atomic E-state index is 0.420. The molecule has 1 aromatic rings. The van der Waals surface area contributed by atoms with Crippen LogP contribution in [0.4, 0.5) is 4.79 Å². The first kappa shape index (κ1) is 23.7. The van der Waals surface area contributed by atoms with Gasteiger partial charge in [0.2, 0.25) is 5.89 Å². The average molecular weight is 397 g/mol. The lowest BCUT2D eigenvalue weighted by molar-refractivity contribution is 0.0452. The van der Waals surface area contributed by atoms with Crippen molar-refractivity contribution < 1.29 is 14.1 Å². The van der Waals surface area contributed by atoms with Gasteiger partial charge in [-0.05, 0) is 47.5 Å². The molecular formula is C19H36N6O3. The van der Waals surface area contributed by atoms with E-state index in [1.54, 1.807) is 6.92 Å². The van der Waals surface area contributed by atoms with Crippen molar-refractivity contribution in [3.05, 3.63) is 11.7 Å². The van der Waals surface area contributed by atoms with E-state index in [2.05, 4.69) is 31.1 Å². The first-order valence-electron chi connectivity index (χ1n) is 9.95. The molecule has 0 aromatic carbocycles. The van der Waals surface area contributed by atoms with Crippen LogP contribution in [0.15, 0.2) is 9.52 Å². The van der Waals surface area contributed by atoms with Gasteiger partial charge in [-0.2, -0.15) is 4.98 Å². The zero-order valence-corrected chi connectivity index (χ0v) is 18.3. The molecule has 3 N–H and O–H groups in total. The van der Waals surface area contributed by atoms with Crippen LogP contribution in [0.2, 0.25) is 0 Å². The smallest absolute Gasteiger partial charge is 0.408 e. The number of nitrogens with one attached hydrogen (secondary N) is 3. The molecule has 1 heterocycles. The van der Waals surface area contributed by atoms with Crippen LogP contribution in [-0.2, 0) is 11.2 Å². The summed E-state index contributed by atoms with van der Waals surface area (Å²) in [5.41, 5.74) is -1.00. The van der Waals surface area contributed by atoms with Gasteiger partial charge >= 0.3 is 6.09 Å². The fraction of sp³-hybridized carbons (Fsp3) is 0.789. The Morgan fingerprint density at radius 1 is 1.18 bits per heavy atom. The molecule has 0 radical (unpaired) electrons. The van der Waals surface area contributed by atoms with Crippen molar-refractivity contribution >= 4 is 12.1 Å². The highest BCUT2D eigenvalue weighted by atomic mass is 16.6. The number of rotatable bonds is 9. The fourth-order valence-corrected chi connectivity index (χ4v) is 2.51. The van der Waals surface area contributed by atoms with Crippen LogP contribution < -0.4 is 16.0 Å². The molecule has 0 aliphatic rings. The van der Waals surface area contributed by atoms with E-state index in [-0.39, 0.29) is 0 Å². The number of alkyl carbamates (subject to hydrolysis) is 1. The van der Waals surface area contributed by atoms with Gasteiger partial charge in [0.05, 0.1) is 12.1 Å². The first-order valence-corrected chi connectivity index (χ1v) is 9.95. The Bertz CT molecular complexity index is 632. The summed E-state index contributed by atoms with van der Waals surface area (Å²) in [6, 6.07) is 0. The van der Waals surface area contributed by atoms with Crippen LogP contribution in [0.25, 0.3) is 0 Å². The topological polar surface area (TPSA) is 114 Å². The van der Waals surface area contributed by atoms with E-state index in [0.717, 1.165) is 19.4 Å². The highest BCUT2D eigenvalue weighted by Crippen LogP contribution is 2.17. The molecule has 0 fully saturated rings. The maximum atomic E-state index is 12.3. The molecule has 0 bridgehead atoms. The van der Waals surface area contributed by atoms with Gasteiger partial charge < -0.3 is 25.2 Å². The zero-order chi connectivity index (χ0) is 21.2. The molecule has 1 aromatic heterocycles. The SMILES string of the molecule is CCNC(=NCC(CC)(CC)NC(=O)OC(C)(C)C)NCCc1nc(C)no1. The van der Waals surface area contributed by atoms with E-state index in [4.69, 9.17) is 9.26 Å². The number of hydrogen-bond acceptors (Lipinski definition) is 6. The van der Waals surface area contributed by atoms with Gasteiger partial charge in [-0.15, -0.1) is 0 Å². The predicted octanol–water partition coefficient (Wildman–Crippen LogP) is 2.56. The Morgan fingerprint density at radius 3 is 2.36 bits per heavy atom. The molecule has 0 saturated carbocycles. The van der Waals surface area contributed by atoms with Gasteiger partial charge in [0.15, 0.2) is 11.8 Å². The number of guanidine groups is 1. The van der Waals surface area contributed by atoms with Gasteiger partial charge in [0.25, 0.3) is 0 Å². The van der Waals surface area contributed by atoms with Crippen LogP contribution in [-0.4, -0.2) is 53.0 Å². The zero-order valence-electron chi connectivity index (χ0n) is 18.3. The minimum Gasteiger partial charge on any atom is -0.444 e. The Morgan fingerprint density at radius 2 is 1.86 bits per heavy atom. The normalized spacial score (nSPS) is 12.6. The summed E-state index contributed by atoms with van der Waals surface area (Å²) >= 11 is 0. The highest BCUT2D eigenvalue weighted by molar-refractivity contribution is 5.79. The molecule has 0 spiro atoms. The lowest BCUT2D eigenvalue weighted by atomic mass is 9.93. The van der Waals surface area contributed by atoms with Crippen molar-refractivity contribution in [2.45, 2.75) is 78.9 Å². The quantitative estimate of drug-likeness (QED) is 0.434. The summed E-state index contributed by atoms with van der Waals surface area (Å²) in [7, 11) is 0. The number of aromatic nitrogens is 2. The number of nitrogens with zero attached hydrogens (tertiary/aromatic N) is 3. The third kappa shape index (κ3) is 8.58. The molecule has 28 heavy (non-hydrogen) atoms. The third-order valence-corrected chi connectivity index (χ3v) is 4.20. The maximum absolute atomic E-state index is 12.3. The minimum atomic E-state index is -0.538. The van der Waals surface area contributed by atoms with E-state index >= 15 is 0 Å². The molecule has 0 unspecified atom stereocenters. The van der Waals surface area contributed by atoms with Crippen molar-refractivity contribution in [3.63, 3.8) is 0 Å². The number of amides is 1. The number of aryl methyl sites for hydroxylation is 1. The van der Waals surface area contributed by atoms with Gasteiger partial charge in [-0.1, -0.05) is 19.0 Å². The molecule has 9 heteroatoms. The number of hydrogen-bond donors (Lipinski definition) is 3. The van der Waals surface area contributed by atoms with Gasteiger partial charge in [0.1, 0.15) is 5.60 Å². The van der Waals surface area contributed by atoms with Crippen LogP contribution in [0, 0.1) is 6.92 Å². The van der Waals surface area contributed by atoms with Gasteiger partial charge in [0, 0.05) is 19.5 Å². The van der Waals surface area contributed by atoms with Crippen LogP contribution in [0.3, 0.4) is 0 Å². The largest absolute Gasteiger partial charge is 0.444 e. The van der Waals surface area contributed by atoms with Crippen molar-refractivity contribution in [3.8, 4) is 0 Å². The monoisotopic (exact) mass is 396 g/mol. The summed E-state index contributed by atoms with van der Waals surface area (Å²) < 4.78 is 10.5. The van der Waals surface area contributed by atoms with Crippen LogP contribution >= 0.6 is 0 Å². The van der Waals surface area contributed by atoms with Crippen LogP contribution in [0.1, 0.15) is 66.1 Å². The Balaban J connectivity index is 2.71. The van der Waals surface area contributed by atoms with E-state index in [0.29, 0.717) is 37.2 Å². The molecule has 1 amide bonds. The summed E-state index contributed by atoms with van der Waals surface area (Å²) in [4.78, 5) is 21.1. The molecule has 9 nitrogen and oxygen atoms in total. The highest BCUT2D eigenvalue weighted by Gasteiger charge is 2.30. The average Bonchev–Trinajstić information content (AvgIpc) is 3.02. The maximum Gasteiger partial charge on any atom is 0.408 e. The summed E-state index contributed by atoms with van der Waals surface area (Å²) in [5.74, 6) is 1.89. The fourth-order valence-electron chi connectivity index (χ4n) is 2.51. The standard InChI is InChI=1S/C19H36N6O3/c1-8-19(9-2,24-17(26)27-18(5,6)7)13-22-16(20-10-3)21-12-11-15-23-14(4)25-28-15/h8-13H2,1-7H3,(H,24,26)(H2,20,21,22). The summed E-state index contributed by atoms with van der Waals surface area (Å²) in [6.45, 7) is 15.2. The molecule has 0 saturated heterocycles. The van der Waals surface area contributed by atoms with E-state index in [1.807, 2.05) is 41.5 Å². The Labute approximate surface area is 168 Å². The second-order valence-electron chi connectivity index (χ2n) is 7.72. The van der Waals surface area contributed by atoms with Gasteiger partial charge in [-0.25, -0.2) is 4.79 Å². The van der Waals surface area contributed by atoms with Crippen molar-refractivity contribution in [2.24, 2.45) is 4.99 Å². The van der Waals surface area contributed by atoms with Crippen molar-refractivity contribution in [1.82, 2.24) is 26.1 Å². The second kappa shape index (κ2) is 10.9. The number of ether oxygens (including phenoxy) is 1. The third-order valence-electron chi connectivity index (χ3n) is 4.20. The first-order chi connectivity index (χ1) is 13.1. The second-order valence-corrected chi connectivity index (χ2v) is 7.72.